The van der Waals surface area contributed by atoms with Gasteiger partial charge in [0, 0.05) is 17.5 Å². The third-order valence-corrected chi connectivity index (χ3v) is 12.1. The molecule has 12 heteroatoms. The Morgan fingerprint density at radius 3 is 2.24 bits per heavy atom. The zero-order valence-corrected chi connectivity index (χ0v) is 33.0. The van der Waals surface area contributed by atoms with Crippen molar-refractivity contribution in [1.29, 1.82) is 0 Å². The lowest BCUT2D eigenvalue weighted by atomic mass is 9.76. The van der Waals surface area contributed by atoms with Gasteiger partial charge in [0.05, 0.1) is 44.2 Å². The summed E-state index contributed by atoms with van der Waals surface area (Å²) in [6, 6.07) is 30.2. The first-order chi connectivity index (χ1) is 28.3. The van der Waals surface area contributed by atoms with Crippen LogP contribution in [0.4, 0.5) is 8.78 Å². The van der Waals surface area contributed by atoms with Crippen LogP contribution in [0.15, 0.2) is 121 Å². The van der Waals surface area contributed by atoms with Gasteiger partial charge in [0.25, 0.3) is 0 Å². The van der Waals surface area contributed by atoms with Crippen molar-refractivity contribution >= 4 is 0 Å². The third-order valence-electron chi connectivity index (χ3n) is 12.1. The summed E-state index contributed by atoms with van der Waals surface area (Å²) >= 11 is 0. The van der Waals surface area contributed by atoms with Crippen LogP contribution in [-0.4, -0.2) is 48.4 Å². The van der Waals surface area contributed by atoms with Gasteiger partial charge in [-0.05, 0) is 104 Å². The molecule has 6 aromatic rings. The van der Waals surface area contributed by atoms with Crippen molar-refractivity contribution in [2.24, 2.45) is 5.92 Å². The van der Waals surface area contributed by atoms with Crippen LogP contribution in [0.5, 0.6) is 5.75 Å². The van der Waals surface area contributed by atoms with Gasteiger partial charge in [0.1, 0.15) is 42.0 Å². The SMILES string of the molecule is CCC([C@H](C)OCc1ccccc1)n1ncn(-c2ccc(C3CCC(c4ccc(OC[C@@H]5CO[C@@](Cn6cncn6)(c6ccc(F)cc6F)C5)cc4)CC3)cc2)c1=O. The second-order valence-corrected chi connectivity index (χ2v) is 15.8. The number of aromatic nitrogens is 6. The molecule has 1 saturated heterocycles. The number of nitrogens with zero attached hydrogens (tertiary/aromatic N) is 6. The normalized spacial score (nSPS) is 21.8. The van der Waals surface area contributed by atoms with Crippen molar-refractivity contribution in [3.63, 3.8) is 0 Å². The van der Waals surface area contributed by atoms with Crippen molar-refractivity contribution in [2.75, 3.05) is 13.2 Å². The molecule has 1 saturated carbocycles. The number of benzene rings is 4. The lowest BCUT2D eigenvalue weighted by Gasteiger charge is -2.29. The fourth-order valence-electron chi connectivity index (χ4n) is 8.84. The molecule has 1 unspecified atom stereocenters. The highest BCUT2D eigenvalue weighted by Crippen LogP contribution is 2.43. The number of hydrogen-bond donors (Lipinski definition) is 0. The Morgan fingerprint density at radius 2 is 1.59 bits per heavy atom. The second kappa shape index (κ2) is 17.6. The minimum absolute atomic E-state index is 0.00311. The van der Waals surface area contributed by atoms with E-state index in [0.717, 1.165) is 55.2 Å². The van der Waals surface area contributed by atoms with E-state index in [1.807, 2.05) is 61.5 Å². The molecule has 4 aromatic carbocycles. The maximum absolute atomic E-state index is 15.0. The lowest BCUT2D eigenvalue weighted by Crippen LogP contribution is -2.33. The van der Waals surface area contributed by atoms with Crippen LogP contribution < -0.4 is 10.4 Å². The summed E-state index contributed by atoms with van der Waals surface area (Å²) in [5, 5.41) is 8.70. The lowest BCUT2D eigenvalue weighted by molar-refractivity contribution is -0.0206. The fraction of sp³-hybridized carbons (Fsp3) is 0.391. The van der Waals surface area contributed by atoms with Crippen LogP contribution in [0, 0.1) is 17.6 Å². The monoisotopic (exact) mass is 788 g/mol. The van der Waals surface area contributed by atoms with Crippen molar-refractivity contribution in [2.45, 2.75) is 95.1 Å². The predicted octanol–water partition coefficient (Wildman–Crippen LogP) is 8.91. The Kier molecular flexibility index (Phi) is 11.9. The van der Waals surface area contributed by atoms with E-state index in [9.17, 15) is 9.18 Å². The summed E-state index contributed by atoms with van der Waals surface area (Å²) in [4.78, 5) is 17.5. The average molecular weight is 789 g/mol. The molecular formula is C46H50F2N6O4. The molecule has 1 aliphatic heterocycles. The van der Waals surface area contributed by atoms with Gasteiger partial charge in [-0.2, -0.15) is 10.2 Å². The molecule has 302 valence electrons. The van der Waals surface area contributed by atoms with E-state index >= 15 is 4.39 Å². The highest BCUT2D eigenvalue weighted by atomic mass is 19.1. The quantitative estimate of drug-likeness (QED) is 0.103. The van der Waals surface area contributed by atoms with Crippen LogP contribution in [0.1, 0.15) is 92.5 Å². The molecule has 58 heavy (non-hydrogen) atoms. The molecule has 3 heterocycles. The highest BCUT2D eigenvalue weighted by molar-refractivity contribution is 5.36. The van der Waals surface area contributed by atoms with Gasteiger partial charge in [-0.15, -0.1) is 0 Å². The van der Waals surface area contributed by atoms with Crippen LogP contribution in [0.3, 0.4) is 0 Å². The molecule has 8 rings (SSSR count). The van der Waals surface area contributed by atoms with Gasteiger partial charge < -0.3 is 14.2 Å². The standard InChI is InChI=1S/C46H50F2N6O4/c1-3-44(32(2)56-25-33-7-5-4-6-8-33)54-45(55)53(31-51-54)40-18-13-37(14-19-40)35-9-11-36(12-10-35)38-15-20-41(21-16-38)57-26-34-24-46(58-27-34,28-52-30-49-29-50-52)42-22-17-39(47)23-43(42)48/h4-8,13-23,29-32,34-36,44H,3,9-12,24-28H2,1-2H3/t32-,34+,35?,36?,44?,46-/m0/s1. The molecule has 2 aromatic heterocycles. The summed E-state index contributed by atoms with van der Waals surface area (Å²) in [6.07, 6.45) is 10.0. The van der Waals surface area contributed by atoms with Gasteiger partial charge >= 0.3 is 5.69 Å². The maximum atomic E-state index is 15.0. The van der Waals surface area contributed by atoms with Crippen LogP contribution in [0.2, 0.25) is 0 Å². The number of ether oxygens (including phenoxy) is 3. The summed E-state index contributed by atoms with van der Waals surface area (Å²) in [6.45, 7) is 5.58. The average Bonchev–Trinajstić information content (AvgIpc) is 4.02. The Hall–Kier alpha value is -5.46. The van der Waals surface area contributed by atoms with Gasteiger partial charge in [0.15, 0.2) is 0 Å². The van der Waals surface area contributed by atoms with E-state index in [1.54, 1.807) is 26.6 Å². The van der Waals surface area contributed by atoms with Crippen molar-refractivity contribution < 1.29 is 23.0 Å². The van der Waals surface area contributed by atoms with Gasteiger partial charge in [-0.1, -0.05) is 67.6 Å². The maximum Gasteiger partial charge on any atom is 0.350 e. The van der Waals surface area contributed by atoms with Crippen molar-refractivity contribution in [3.05, 3.63) is 160 Å². The fourth-order valence-corrected chi connectivity index (χ4v) is 8.84. The smallest absolute Gasteiger partial charge is 0.350 e. The van der Waals surface area contributed by atoms with E-state index in [-0.39, 0.29) is 30.3 Å². The molecule has 0 N–H and O–H groups in total. The minimum atomic E-state index is -1.01. The Labute approximate surface area is 337 Å². The number of halogens is 2. The summed E-state index contributed by atoms with van der Waals surface area (Å²) in [5.74, 6) is 0.455. The molecule has 10 nitrogen and oxygen atoms in total. The third kappa shape index (κ3) is 8.68. The Morgan fingerprint density at radius 1 is 0.879 bits per heavy atom. The highest BCUT2D eigenvalue weighted by Gasteiger charge is 2.44. The Bertz CT molecular complexity index is 2290. The second-order valence-electron chi connectivity index (χ2n) is 15.8. The first-order valence-corrected chi connectivity index (χ1v) is 20.3. The molecule has 2 aliphatic rings. The zero-order valence-electron chi connectivity index (χ0n) is 33.0. The molecule has 0 amide bonds. The van der Waals surface area contributed by atoms with E-state index in [0.29, 0.717) is 43.6 Å². The molecule has 0 spiro atoms. The number of rotatable bonds is 15. The zero-order chi connectivity index (χ0) is 40.1. The summed E-state index contributed by atoms with van der Waals surface area (Å²) < 4.78 is 52.2. The predicted molar refractivity (Wildman–Crippen MR) is 216 cm³/mol. The molecule has 0 radical (unpaired) electrons. The van der Waals surface area contributed by atoms with Crippen LogP contribution in [0.25, 0.3) is 5.69 Å². The van der Waals surface area contributed by atoms with E-state index in [1.165, 1.54) is 29.6 Å². The van der Waals surface area contributed by atoms with E-state index < -0.39 is 17.2 Å². The van der Waals surface area contributed by atoms with Gasteiger partial charge in [0.2, 0.25) is 0 Å². The van der Waals surface area contributed by atoms with Crippen molar-refractivity contribution in [1.82, 2.24) is 29.1 Å². The molecule has 4 atom stereocenters. The first-order valence-electron chi connectivity index (χ1n) is 20.3. The number of hydrogen-bond acceptors (Lipinski definition) is 7. The topological polar surface area (TPSA) is 98.2 Å². The molecule has 2 fully saturated rings. The van der Waals surface area contributed by atoms with Crippen LogP contribution >= 0.6 is 0 Å². The molecule has 0 bridgehead atoms. The first kappa shape index (κ1) is 39.4. The van der Waals surface area contributed by atoms with Crippen molar-refractivity contribution in [3.8, 4) is 11.4 Å². The van der Waals surface area contributed by atoms with Crippen LogP contribution in [-0.2, 0) is 28.2 Å². The largest absolute Gasteiger partial charge is 0.493 e. The minimum Gasteiger partial charge on any atom is -0.493 e. The molecule has 1 aliphatic carbocycles. The van der Waals surface area contributed by atoms with E-state index in [2.05, 4.69) is 46.4 Å². The van der Waals surface area contributed by atoms with E-state index in [4.69, 9.17) is 14.2 Å². The van der Waals surface area contributed by atoms with Gasteiger partial charge in [-0.25, -0.2) is 32.5 Å². The Balaban J connectivity index is 0.828. The van der Waals surface area contributed by atoms with Gasteiger partial charge in [-0.3, -0.25) is 0 Å². The summed E-state index contributed by atoms with van der Waals surface area (Å²) in [5.41, 5.74) is 3.63. The molecular weight excluding hydrogens is 739 g/mol. The summed E-state index contributed by atoms with van der Waals surface area (Å²) in [7, 11) is 0.